The molecule has 0 amide bonds. The van der Waals surface area contributed by atoms with Gasteiger partial charge in [-0.2, -0.15) is 18.4 Å². The third-order valence-corrected chi connectivity index (χ3v) is 13.8. The molecule has 0 N–H and O–H groups in total. The Morgan fingerprint density at radius 3 is 1.45 bits per heavy atom. The molecule has 0 aliphatic heterocycles. The van der Waals surface area contributed by atoms with Crippen LogP contribution in [0.1, 0.15) is 11.1 Å². The number of thiophene rings is 2. The first-order chi connectivity index (χ1) is 28.4. The summed E-state index contributed by atoms with van der Waals surface area (Å²) in [5.41, 5.74) is 4.89. The average molecular weight is 790 g/mol. The number of nitrogens with zero attached hydrogens (tertiary/aromatic N) is 3. The van der Waals surface area contributed by atoms with E-state index in [0.29, 0.717) is 28.1 Å². The van der Waals surface area contributed by atoms with Crippen LogP contribution in [-0.2, 0) is 6.18 Å². The van der Waals surface area contributed by atoms with E-state index in [1.807, 2.05) is 94.1 Å². The molecule has 8 heteroatoms. The van der Waals surface area contributed by atoms with E-state index >= 15 is 13.2 Å². The van der Waals surface area contributed by atoms with Crippen LogP contribution in [0, 0.1) is 11.3 Å². The maximum Gasteiger partial charge on any atom is 0.416 e. The largest absolute Gasteiger partial charge is 0.416 e. The van der Waals surface area contributed by atoms with Crippen LogP contribution in [0.3, 0.4) is 0 Å². The highest BCUT2D eigenvalue weighted by atomic mass is 32.1. The molecule has 0 fully saturated rings. The fourth-order valence-corrected chi connectivity index (χ4v) is 11.4. The van der Waals surface area contributed by atoms with Gasteiger partial charge in [0, 0.05) is 67.5 Å². The number of para-hydroxylation sites is 2. The topological polar surface area (TPSA) is 33.6 Å². The van der Waals surface area contributed by atoms with Crippen molar-refractivity contribution in [3.05, 3.63) is 169 Å². The molecule has 0 radical (unpaired) electrons. The van der Waals surface area contributed by atoms with E-state index in [1.165, 1.54) is 12.1 Å². The number of rotatable bonds is 3. The van der Waals surface area contributed by atoms with Gasteiger partial charge in [0.2, 0.25) is 0 Å². The molecule has 0 spiro atoms. The second-order valence-corrected chi connectivity index (χ2v) is 16.8. The Hall–Kier alpha value is -6.92. The normalized spacial score (nSPS) is 12.4. The molecule has 0 aliphatic carbocycles. The first-order valence-corrected chi connectivity index (χ1v) is 20.4. The molecule has 274 valence electrons. The van der Waals surface area contributed by atoms with Gasteiger partial charge in [-0.15, -0.1) is 22.7 Å². The summed E-state index contributed by atoms with van der Waals surface area (Å²) in [6, 6.07) is 53.0. The molecule has 0 unspecified atom stereocenters. The summed E-state index contributed by atoms with van der Waals surface area (Å²) in [7, 11) is 0. The lowest BCUT2D eigenvalue weighted by Gasteiger charge is -2.23. The van der Waals surface area contributed by atoms with Gasteiger partial charge in [-0.1, -0.05) is 97.1 Å². The highest BCUT2D eigenvalue weighted by Gasteiger charge is 2.35. The van der Waals surface area contributed by atoms with Crippen molar-refractivity contribution in [3.63, 3.8) is 0 Å². The molecule has 3 nitrogen and oxygen atoms in total. The first kappa shape index (κ1) is 33.2. The van der Waals surface area contributed by atoms with Crippen LogP contribution in [0.15, 0.2) is 158 Å². The van der Waals surface area contributed by atoms with Gasteiger partial charge in [0.15, 0.2) is 0 Å². The van der Waals surface area contributed by atoms with Gasteiger partial charge < -0.3 is 9.13 Å². The van der Waals surface area contributed by atoms with Crippen LogP contribution in [0.25, 0.3) is 106 Å². The van der Waals surface area contributed by atoms with Gasteiger partial charge in [0.05, 0.1) is 50.6 Å². The SMILES string of the molecule is N#Cc1cccc(-c2c(-n3c4ccccc4c4ccc5sc6ccccc6c5c43)cc(C(F)(F)F)cc2-n2c3ccccc3c3ccc4sc5ccccc5c4c32)c1. The monoisotopic (exact) mass is 789 g/mol. The molecular formula is C50H26F3N3S2. The van der Waals surface area contributed by atoms with Crippen molar-refractivity contribution in [1.29, 1.82) is 5.26 Å². The van der Waals surface area contributed by atoms with E-state index in [0.717, 1.165) is 84.0 Å². The van der Waals surface area contributed by atoms with Crippen LogP contribution in [-0.4, -0.2) is 9.13 Å². The first-order valence-electron chi connectivity index (χ1n) is 18.8. The van der Waals surface area contributed by atoms with Gasteiger partial charge in [0.25, 0.3) is 0 Å². The third-order valence-electron chi connectivity index (χ3n) is 11.5. The van der Waals surface area contributed by atoms with Crippen molar-refractivity contribution in [2.45, 2.75) is 6.18 Å². The lowest BCUT2D eigenvalue weighted by Crippen LogP contribution is -2.11. The minimum Gasteiger partial charge on any atom is -0.308 e. The van der Waals surface area contributed by atoms with E-state index in [9.17, 15) is 5.26 Å². The third kappa shape index (κ3) is 4.60. The molecule has 0 aliphatic rings. The van der Waals surface area contributed by atoms with Gasteiger partial charge >= 0.3 is 6.18 Å². The molecule has 0 saturated carbocycles. The summed E-state index contributed by atoms with van der Waals surface area (Å²) in [5, 5.41) is 18.1. The van der Waals surface area contributed by atoms with Gasteiger partial charge in [-0.3, -0.25) is 0 Å². The summed E-state index contributed by atoms with van der Waals surface area (Å²) in [5.74, 6) is 0. The van der Waals surface area contributed by atoms with Crippen LogP contribution in [0.5, 0.6) is 0 Å². The second-order valence-electron chi connectivity index (χ2n) is 14.7. The standard InChI is InChI=1S/C50H26F3N3S2/c51-50(52,53)30-25-39(55-37-16-5-1-12-31(37)33-20-22-43-46(48(33)55)35-14-3-7-18-41(35)57-43)45(29-11-9-10-28(24-29)27-54)40(26-30)56-38-17-6-2-13-32(38)34-21-23-44-47(49(34)56)36-15-4-8-19-42(36)58-44/h1-26H. The maximum absolute atomic E-state index is 15.7. The zero-order valence-corrected chi connectivity index (χ0v) is 31.9. The number of hydrogen-bond acceptors (Lipinski definition) is 3. The molecule has 8 aromatic carbocycles. The van der Waals surface area contributed by atoms with Crippen molar-refractivity contribution in [2.24, 2.45) is 0 Å². The predicted molar refractivity (Wildman–Crippen MR) is 236 cm³/mol. The smallest absolute Gasteiger partial charge is 0.308 e. The second kappa shape index (κ2) is 12.0. The highest BCUT2D eigenvalue weighted by molar-refractivity contribution is 7.26. The molecule has 12 aromatic rings. The molecule has 12 rings (SSSR count). The van der Waals surface area contributed by atoms with E-state index in [1.54, 1.807) is 34.8 Å². The predicted octanol–water partition coefficient (Wildman–Crippen LogP) is 15.2. The summed E-state index contributed by atoms with van der Waals surface area (Å²) in [6.45, 7) is 0. The van der Waals surface area contributed by atoms with Crippen LogP contribution < -0.4 is 0 Å². The van der Waals surface area contributed by atoms with Crippen molar-refractivity contribution >= 4 is 107 Å². The fourth-order valence-electron chi connectivity index (χ4n) is 9.20. The number of halogens is 3. The summed E-state index contributed by atoms with van der Waals surface area (Å²) in [4.78, 5) is 0. The van der Waals surface area contributed by atoms with Crippen LogP contribution >= 0.6 is 22.7 Å². The molecule has 0 saturated heterocycles. The Morgan fingerprint density at radius 2 is 0.948 bits per heavy atom. The van der Waals surface area contributed by atoms with E-state index in [4.69, 9.17) is 0 Å². The van der Waals surface area contributed by atoms with Crippen molar-refractivity contribution in [2.75, 3.05) is 0 Å². The fraction of sp³-hybridized carbons (Fsp3) is 0.0200. The Kier molecular flexibility index (Phi) is 6.90. The number of alkyl halides is 3. The minimum atomic E-state index is -4.69. The quantitative estimate of drug-likeness (QED) is 0.175. The average Bonchev–Trinajstić information content (AvgIpc) is 4.00. The molecule has 58 heavy (non-hydrogen) atoms. The number of fused-ring (bicyclic) bond motifs is 14. The van der Waals surface area contributed by atoms with E-state index in [-0.39, 0.29) is 0 Å². The number of benzene rings is 8. The maximum atomic E-state index is 15.7. The zero-order valence-electron chi connectivity index (χ0n) is 30.3. The van der Waals surface area contributed by atoms with Gasteiger partial charge in [-0.25, -0.2) is 0 Å². The van der Waals surface area contributed by atoms with E-state index < -0.39 is 11.7 Å². The van der Waals surface area contributed by atoms with Gasteiger partial charge in [-0.05, 0) is 66.2 Å². The van der Waals surface area contributed by atoms with Crippen LogP contribution in [0.2, 0.25) is 0 Å². The summed E-state index contributed by atoms with van der Waals surface area (Å²) >= 11 is 3.36. The molecule has 0 bridgehead atoms. The van der Waals surface area contributed by atoms with Gasteiger partial charge in [0.1, 0.15) is 0 Å². The molecule has 4 heterocycles. The minimum absolute atomic E-state index is 0.377. The number of nitriles is 1. The Labute approximate surface area is 336 Å². The van der Waals surface area contributed by atoms with Crippen molar-refractivity contribution in [1.82, 2.24) is 9.13 Å². The Bertz CT molecular complexity index is 3550. The molecule has 0 atom stereocenters. The molecule has 4 aromatic heterocycles. The molecular weight excluding hydrogens is 764 g/mol. The van der Waals surface area contributed by atoms with Crippen molar-refractivity contribution < 1.29 is 13.2 Å². The van der Waals surface area contributed by atoms with E-state index in [2.05, 4.69) is 54.6 Å². The lowest BCUT2D eigenvalue weighted by atomic mass is 9.96. The van der Waals surface area contributed by atoms with Crippen molar-refractivity contribution in [3.8, 4) is 28.6 Å². The Morgan fingerprint density at radius 1 is 0.466 bits per heavy atom. The number of hydrogen-bond donors (Lipinski definition) is 0. The highest BCUT2D eigenvalue weighted by Crippen LogP contribution is 2.49. The zero-order chi connectivity index (χ0) is 38.9. The lowest BCUT2D eigenvalue weighted by molar-refractivity contribution is -0.137. The summed E-state index contributed by atoms with van der Waals surface area (Å²) < 4.78 is 55.5. The Balaban J connectivity index is 1.36. The number of aromatic nitrogens is 2. The summed E-state index contributed by atoms with van der Waals surface area (Å²) in [6.07, 6.45) is -4.69. The van der Waals surface area contributed by atoms with Crippen LogP contribution in [0.4, 0.5) is 13.2 Å².